The summed E-state index contributed by atoms with van der Waals surface area (Å²) in [5.74, 6) is -1.33. The number of sulfonamides is 1. The number of hydrogen-bond donors (Lipinski definition) is 1. The van der Waals surface area contributed by atoms with E-state index in [2.05, 4.69) is 4.74 Å². The molecule has 0 spiro atoms. The fraction of sp³-hybridized carbons (Fsp3) is 0.429. The Bertz CT molecular complexity index is 731. The molecular weight excluding hydrogens is 324 g/mol. The number of amides is 1. The largest absolute Gasteiger partial charge is 0.465 e. The molecule has 1 aliphatic rings. The van der Waals surface area contributed by atoms with Crippen molar-refractivity contribution in [3.63, 3.8) is 0 Å². The molecule has 1 fully saturated rings. The number of carbonyl (C=O) groups excluding carboxylic acids is 2. The summed E-state index contributed by atoms with van der Waals surface area (Å²) in [7, 11) is -2.66. The molecule has 0 aromatic heterocycles. The summed E-state index contributed by atoms with van der Waals surface area (Å²) in [5, 5.41) is 0. The van der Waals surface area contributed by atoms with Crippen LogP contribution in [0.25, 0.3) is 0 Å². The minimum absolute atomic E-state index is 0.00878. The second-order valence-electron chi connectivity index (χ2n) is 5.05. The van der Waals surface area contributed by atoms with Gasteiger partial charge in [0.15, 0.2) is 0 Å². The SMILES string of the molecule is COC(=O)c1cccc(S(=O)(=O)N2CCO[C@@H](C(N)=O)C2)c1C. The van der Waals surface area contributed by atoms with Crippen molar-refractivity contribution in [2.45, 2.75) is 17.9 Å². The fourth-order valence-corrected chi connectivity index (χ4v) is 4.05. The van der Waals surface area contributed by atoms with Crippen molar-refractivity contribution >= 4 is 21.9 Å². The van der Waals surface area contributed by atoms with E-state index in [9.17, 15) is 18.0 Å². The zero-order valence-corrected chi connectivity index (χ0v) is 13.6. The van der Waals surface area contributed by atoms with Gasteiger partial charge < -0.3 is 15.2 Å². The van der Waals surface area contributed by atoms with Gasteiger partial charge in [-0.05, 0) is 24.6 Å². The Morgan fingerprint density at radius 2 is 2.09 bits per heavy atom. The summed E-state index contributed by atoms with van der Waals surface area (Å²) in [6.07, 6.45) is -0.984. The number of nitrogens with zero attached hydrogens (tertiary/aromatic N) is 1. The fourth-order valence-electron chi connectivity index (χ4n) is 2.38. The number of ether oxygens (including phenoxy) is 2. The van der Waals surface area contributed by atoms with Crippen LogP contribution in [0, 0.1) is 6.92 Å². The van der Waals surface area contributed by atoms with Crippen LogP contribution in [-0.4, -0.2) is 57.5 Å². The molecule has 2 rings (SSSR count). The van der Waals surface area contributed by atoms with Crippen LogP contribution in [0.4, 0.5) is 0 Å². The smallest absolute Gasteiger partial charge is 0.338 e. The van der Waals surface area contributed by atoms with E-state index in [0.717, 1.165) is 4.31 Å². The molecule has 1 atom stereocenters. The Hall–Kier alpha value is -1.97. The van der Waals surface area contributed by atoms with Gasteiger partial charge in [0.2, 0.25) is 15.9 Å². The quantitative estimate of drug-likeness (QED) is 0.748. The van der Waals surface area contributed by atoms with Gasteiger partial charge in [-0.15, -0.1) is 0 Å². The van der Waals surface area contributed by atoms with Crippen LogP contribution >= 0.6 is 0 Å². The molecule has 0 saturated carbocycles. The topological polar surface area (TPSA) is 116 Å². The highest BCUT2D eigenvalue weighted by Gasteiger charge is 2.34. The van der Waals surface area contributed by atoms with Crippen molar-refractivity contribution in [2.75, 3.05) is 26.8 Å². The van der Waals surface area contributed by atoms with Crippen LogP contribution in [-0.2, 0) is 24.3 Å². The molecule has 126 valence electrons. The Morgan fingerprint density at radius 3 is 2.70 bits per heavy atom. The lowest BCUT2D eigenvalue weighted by atomic mass is 10.1. The van der Waals surface area contributed by atoms with Gasteiger partial charge in [-0.1, -0.05) is 6.07 Å². The van der Waals surface area contributed by atoms with Gasteiger partial charge in [0.05, 0.1) is 24.2 Å². The molecule has 9 heteroatoms. The van der Waals surface area contributed by atoms with Crippen LogP contribution in [0.1, 0.15) is 15.9 Å². The molecule has 1 aromatic carbocycles. The lowest BCUT2D eigenvalue weighted by Crippen LogP contribution is -2.50. The van der Waals surface area contributed by atoms with Gasteiger partial charge in [-0.2, -0.15) is 4.31 Å². The molecular formula is C14H18N2O6S. The predicted molar refractivity (Wildman–Crippen MR) is 80.2 cm³/mol. The third-order valence-electron chi connectivity index (χ3n) is 3.65. The molecule has 23 heavy (non-hydrogen) atoms. The molecule has 1 aliphatic heterocycles. The predicted octanol–water partition coefficient (Wildman–Crippen LogP) is -0.344. The van der Waals surface area contributed by atoms with E-state index in [1.165, 1.54) is 32.2 Å². The first-order valence-corrected chi connectivity index (χ1v) is 8.32. The number of primary amides is 1. The zero-order valence-electron chi connectivity index (χ0n) is 12.8. The Balaban J connectivity index is 2.40. The van der Waals surface area contributed by atoms with E-state index < -0.39 is 28.0 Å². The van der Waals surface area contributed by atoms with Crippen molar-refractivity contribution < 1.29 is 27.5 Å². The second-order valence-corrected chi connectivity index (χ2v) is 6.95. The summed E-state index contributed by atoms with van der Waals surface area (Å²) in [4.78, 5) is 22.9. The Labute approximate surface area is 134 Å². The van der Waals surface area contributed by atoms with Crippen molar-refractivity contribution in [1.29, 1.82) is 0 Å². The Kier molecular flexibility index (Phi) is 5.03. The van der Waals surface area contributed by atoms with Crippen LogP contribution in [0.2, 0.25) is 0 Å². The summed E-state index contributed by atoms with van der Waals surface area (Å²) in [6.45, 7) is 1.56. The molecule has 1 amide bonds. The summed E-state index contributed by atoms with van der Waals surface area (Å²) in [6, 6.07) is 4.37. The third-order valence-corrected chi connectivity index (χ3v) is 5.66. The average molecular weight is 342 g/mol. The summed E-state index contributed by atoms with van der Waals surface area (Å²) >= 11 is 0. The van der Waals surface area contributed by atoms with E-state index in [1.807, 2.05) is 0 Å². The second kappa shape index (κ2) is 6.65. The number of rotatable bonds is 4. The first-order valence-electron chi connectivity index (χ1n) is 6.88. The van der Waals surface area contributed by atoms with Crippen molar-refractivity contribution in [3.8, 4) is 0 Å². The van der Waals surface area contributed by atoms with Gasteiger partial charge in [0.1, 0.15) is 6.10 Å². The minimum Gasteiger partial charge on any atom is -0.465 e. The summed E-state index contributed by atoms with van der Waals surface area (Å²) in [5.41, 5.74) is 5.64. The highest BCUT2D eigenvalue weighted by molar-refractivity contribution is 7.89. The maximum absolute atomic E-state index is 12.8. The molecule has 8 nitrogen and oxygen atoms in total. The first-order chi connectivity index (χ1) is 10.8. The standard InChI is InChI=1S/C14H18N2O6S/c1-9-10(14(18)21-2)4-3-5-12(9)23(19,20)16-6-7-22-11(8-16)13(15)17/h3-5,11H,6-8H2,1-2H3,(H2,15,17)/t11-/m1/s1. The van der Waals surface area contributed by atoms with Crippen LogP contribution < -0.4 is 5.73 Å². The number of methoxy groups -OCH3 is 1. The number of esters is 1. The monoisotopic (exact) mass is 342 g/mol. The van der Waals surface area contributed by atoms with E-state index in [0.29, 0.717) is 5.56 Å². The van der Waals surface area contributed by atoms with Gasteiger partial charge >= 0.3 is 5.97 Å². The van der Waals surface area contributed by atoms with Crippen molar-refractivity contribution in [3.05, 3.63) is 29.3 Å². The average Bonchev–Trinajstić information content (AvgIpc) is 2.54. The van der Waals surface area contributed by atoms with Gasteiger partial charge in [0.25, 0.3) is 0 Å². The van der Waals surface area contributed by atoms with Gasteiger partial charge in [-0.25, -0.2) is 13.2 Å². The zero-order chi connectivity index (χ0) is 17.2. The first kappa shape index (κ1) is 17.4. The lowest BCUT2D eigenvalue weighted by molar-refractivity contribution is -0.132. The molecule has 1 heterocycles. The number of morpholine rings is 1. The molecule has 0 unspecified atom stereocenters. The highest BCUT2D eigenvalue weighted by atomic mass is 32.2. The molecule has 1 aromatic rings. The number of benzene rings is 1. The highest BCUT2D eigenvalue weighted by Crippen LogP contribution is 2.24. The van der Waals surface area contributed by atoms with Gasteiger partial charge in [-0.3, -0.25) is 4.79 Å². The van der Waals surface area contributed by atoms with Crippen LogP contribution in [0.3, 0.4) is 0 Å². The van der Waals surface area contributed by atoms with E-state index in [-0.39, 0.29) is 30.2 Å². The molecule has 1 saturated heterocycles. The third kappa shape index (κ3) is 3.36. The molecule has 0 radical (unpaired) electrons. The molecule has 0 aliphatic carbocycles. The lowest BCUT2D eigenvalue weighted by Gasteiger charge is -2.31. The van der Waals surface area contributed by atoms with Crippen molar-refractivity contribution in [2.24, 2.45) is 5.73 Å². The molecule has 2 N–H and O–H groups in total. The molecule has 0 bridgehead atoms. The summed E-state index contributed by atoms with van der Waals surface area (Å²) < 4.78 is 36.6. The maximum atomic E-state index is 12.8. The van der Waals surface area contributed by atoms with E-state index >= 15 is 0 Å². The maximum Gasteiger partial charge on any atom is 0.338 e. The van der Waals surface area contributed by atoms with Gasteiger partial charge in [0, 0.05) is 13.1 Å². The van der Waals surface area contributed by atoms with E-state index in [1.54, 1.807) is 0 Å². The number of carbonyl (C=O) groups is 2. The van der Waals surface area contributed by atoms with Crippen LogP contribution in [0.15, 0.2) is 23.1 Å². The number of nitrogens with two attached hydrogens (primary N) is 1. The normalized spacial score (nSPS) is 19.3. The number of hydrogen-bond acceptors (Lipinski definition) is 6. The van der Waals surface area contributed by atoms with E-state index in [4.69, 9.17) is 10.5 Å². The Morgan fingerprint density at radius 1 is 1.39 bits per heavy atom. The van der Waals surface area contributed by atoms with Crippen molar-refractivity contribution in [1.82, 2.24) is 4.31 Å². The van der Waals surface area contributed by atoms with Crippen LogP contribution in [0.5, 0.6) is 0 Å². The minimum atomic E-state index is -3.89.